The van der Waals surface area contributed by atoms with Gasteiger partial charge in [0.15, 0.2) is 0 Å². The SMILES string of the molecule is CCCCCCCCCCC(=O)OCc1ccccc1.[KH]. The van der Waals surface area contributed by atoms with Crippen molar-refractivity contribution in [3.8, 4) is 0 Å². The van der Waals surface area contributed by atoms with Gasteiger partial charge in [-0.25, -0.2) is 0 Å². The summed E-state index contributed by atoms with van der Waals surface area (Å²) < 4.78 is 5.25. The van der Waals surface area contributed by atoms with Crippen LogP contribution in [0, 0.1) is 0 Å². The minimum atomic E-state index is -0.0696. The fourth-order valence-electron chi connectivity index (χ4n) is 2.21. The van der Waals surface area contributed by atoms with Gasteiger partial charge in [0.25, 0.3) is 0 Å². The van der Waals surface area contributed by atoms with E-state index >= 15 is 0 Å². The average Bonchev–Trinajstić information content (AvgIpc) is 2.49. The Labute approximate surface area is 172 Å². The summed E-state index contributed by atoms with van der Waals surface area (Å²) in [4.78, 5) is 11.6. The van der Waals surface area contributed by atoms with E-state index in [4.69, 9.17) is 4.74 Å². The Morgan fingerprint density at radius 3 is 2.10 bits per heavy atom. The van der Waals surface area contributed by atoms with Crippen LogP contribution in [0.4, 0.5) is 0 Å². The zero-order valence-corrected chi connectivity index (χ0v) is 12.8. The Morgan fingerprint density at radius 2 is 1.48 bits per heavy atom. The molecule has 1 rings (SSSR count). The third kappa shape index (κ3) is 12.5. The molecule has 0 radical (unpaired) electrons. The van der Waals surface area contributed by atoms with Gasteiger partial charge in [-0.1, -0.05) is 82.2 Å². The monoisotopic (exact) mass is 316 g/mol. The number of unbranched alkanes of at least 4 members (excludes halogenated alkanes) is 7. The van der Waals surface area contributed by atoms with Gasteiger partial charge < -0.3 is 4.74 Å². The molecular weight excluding hydrogens is 287 g/mol. The maximum atomic E-state index is 11.6. The van der Waals surface area contributed by atoms with Crippen LogP contribution in [0.3, 0.4) is 0 Å². The zero-order chi connectivity index (χ0) is 14.5. The van der Waals surface area contributed by atoms with Crippen molar-refractivity contribution >= 4 is 57.4 Å². The number of carbonyl (C=O) groups is 1. The van der Waals surface area contributed by atoms with Crippen LogP contribution < -0.4 is 0 Å². The first-order chi connectivity index (χ1) is 9.83. The Kier molecular flexibility index (Phi) is 15.5. The molecule has 2 nitrogen and oxygen atoms in total. The Balaban J connectivity index is 0.00000400. The standard InChI is InChI=1S/C18H28O2.K.H/c1-2-3-4-5-6-7-8-12-15-18(19)20-16-17-13-10-9-11-14-17;;/h9-11,13-14H,2-8,12,15-16H2,1H3;;. The molecule has 3 heteroatoms. The van der Waals surface area contributed by atoms with Crippen LogP contribution in [0.25, 0.3) is 0 Å². The van der Waals surface area contributed by atoms with E-state index in [-0.39, 0.29) is 57.4 Å². The molecule has 0 spiro atoms. The second kappa shape index (κ2) is 15.2. The molecule has 0 aliphatic heterocycles. The average molecular weight is 317 g/mol. The van der Waals surface area contributed by atoms with Gasteiger partial charge in [0.05, 0.1) is 0 Å². The van der Waals surface area contributed by atoms with Crippen LogP contribution >= 0.6 is 0 Å². The van der Waals surface area contributed by atoms with Gasteiger partial charge in [-0.05, 0) is 12.0 Å². The number of rotatable bonds is 11. The molecule has 0 aromatic heterocycles. The van der Waals surface area contributed by atoms with Crippen molar-refractivity contribution in [1.82, 2.24) is 0 Å². The number of ether oxygens (including phenoxy) is 1. The van der Waals surface area contributed by atoms with E-state index in [1.165, 1.54) is 38.5 Å². The van der Waals surface area contributed by atoms with E-state index in [0.29, 0.717) is 13.0 Å². The molecule has 0 aliphatic rings. The van der Waals surface area contributed by atoms with Crippen LogP contribution in [0.2, 0.25) is 0 Å². The second-order valence-electron chi connectivity index (χ2n) is 5.37. The van der Waals surface area contributed by atoms with Gasteiger partial charge in [-0.15, -0.1) is 0 Å². The molecule has 1 aromatic rings. The Morgan fingerprint density at radius 1 is 0.905 bits per heavy atom. The van der Waals surface area contributed by atoms with Crippen molar-refractivity contribution in [2.24, 2.45) is 0 Å². The molecule has 21 heavy (non-hydrogen) atoms. The molecular formula is C18H29KO2. The molecule has 0 fully saturated rings. The topological polar surface area (TPSA) is 26.3 Å². The first-order valence-electron chi connectivity index (χ1n) is 8.02. The molecule has 0 N–H and O–H groups in total. The summed E-state index contributed by atoms with van der Waals surface area (Å²) in [7, 11) is 0. The van der Waals surface area contributed by atoms with Crippen molar-refractivity contribution in [3.05, 3.63) is 35.9 Å². The molecule has 0 saturated heterocycles. The van der Waals surface area contributed by atoms with Crippen molar-refractivity contribution in [2.45, 2.75) is 71.3 Å². The van der Waals surface area contributed by atoms with Gasteiger partial charge in [0.1, 0.15) is 6.61 Å². The summed E-state index contributed by atoms with van der Waals surface area (Å²) in [6.07, 6.45) is 10.6. The summed E-state index contributed by atoms with van der Waals surface area (Å²) in [5.41, 5.74) is 1.05. The minimum absolute atomic E-state index is 0. The third-order valence-corrected chi connectivity index (χ3v) is 3.48. The number of carbonyl (C=O) groups excluding carboxylic acids is 1. The first kappa shape index (κ1) is 21.3. The number of esters is 1. The first-order valence-corrected chi connectivity index (χ1v) is 8.02. The molecule has 114 valence electrons. The fourth-order valence-corrected chi connectivity index (χ4v) is 2.21. The van der Waals surface area contributed by atoms with Crippen LogP contribution in [0.15, 0.2) is 30.3 Å². The predicted molar refractivity (Wildman–Crippen MR) is 90.6 cm³/mol. The van der Waals surface area contributed by atoms with Crippen LogP contribution in [-0.4, -0.2) is 57.4 Å². The molecule has 0 atom stereocenters. The molecule has 0 heterocycles. The van der Waals surface area contributed by atoms with Crippen LogP contribution in [-0.2, 0) is 16.1 Å². The fraction of sp³-hybridized carbons (Fsp3) is 0.611. The Hall–Kier alpha value is 0.326. The number of benzene rings is 1. The summed E-state index contributed by atoms with van der Waals surface area (Å²) in [6.45, 7) is 2.64. The molecule has 0 amide bonds. The molecule has 0 bridgehead atoms. The Bertz CT molecular complexity index is 351. The molecule has 0 aliphatic carbocycles. The summed E-state index contributed by atoms with van der Waals surface area (Å²) in [5, 5.41) is 0. The van der Waals surface area contributed by atoms with Gasteiger partial charge >= 0.3 is 57.4 Å². The maximum absolute atomic E-state index is 11.6. The van der Waals surface area contributed by atoms with E-state index in [1.807, 2.05) is 30.3 Å². The number of hydrogen-bond donors (Lipinski definition) is 0. The summed E-state index contributed by atoms with van der Waals surface area (Å²) >= 11 is 0. The van der Waals surface area contributed by atoms with E-state index < -0.39 is 0 Å². The van der Waals surface area contributed by atoms with E-state index in [2.05, 4.69) is 6.92 Å². The molecule has 0 unspecified atom stereocenters. The van der Waals surface area contributed by atoms with Gasteiger partial charge in [0, 0.05) is 6.42 Å². The van der Waals surface area contributed by atoms with Crippen LogP contribution in [0.5, 0.6) is 0 Å². The van der Waals surface area contributed by atoms with E-state index in [0.717, 1.165) is 18.4 Å². The van der Waals surface area contributed by atoms with Crippen molar-refractivity contribution < 1.29 is 9.53 Å². The normalized spacial score (nSPS) is 9.95. The van der Waals surface area contributed by atoms with Crippen LogP contribution in [0.1, 0.15) is 70.3 Å². The van der Waals surface area contributed by atoms with Crippen molar-refractivity contribution in [1.29, 1.82) is 0 Å². The van der Waals surface area contributed by atoms with Gasteiger partial charge in [0.2, 0.25) is 0 Å². The van der Waals surface area contributed by atoms with Gasteiger partial charge in [-0.3, -0.25) is 4.79 Å². The summed E-state index contributed by atoms with van der Waals surface area (Å²) in [6, 6.07) is 9.84. The van der Waals surface area contributed by atoms with Crippen molar-refractivity contribution in [2.75, 3.05) is 0 Å². The van der Waals surface area contributed by atoms with Crippen molar-refractivity contribution in [3.63, 3.8) is 0 Å². The predicted octanol–water partition coefficient (Wildman–Crippen LogP) is 4.61. The van der Waals surface area contributed by atoms with Gasteiger partial charge in [-0.2, -0.15) is 0 Å². The molecule has 0 saturated carbocycles. The zero-order valence-electron chi connectivity index (χ0n) is 12.8. The quantitative estimate of drug-likeness (QED) is 0.338. The van der Waals surface area contributed by atoms with E-state index in [1.54, 1.807) is 0 Å². The molecule has 1 aromatic carbocycles. The second-order valence-corrected chi connectivity index (χ2v) is 5.37. The van der Waals surface area contributed by atoms with E-state index in [9.17, 15) is 4.79 Å². The number of hydrogen-bond acceptors (Lipinski definition) is 2. The summed E-state index contributed by atoms with van der Waals surface area (Å²) in [5.74, 6) is -0.0696. The third-order valence-electron chi connectivity index (χ3n) is 3.48.